The Morgan fingerprint density at radius 2 is 2.25 bits per heavy atom. The van der Waals surface area contributed by atoms with E-state index < -0.39 is 5.97 Å². The van der Waals surface area contributed by atoms with Crippen molar-refractivity contribution < 1.29 is 14.6 Å². The van der Waals surface area contributed by atoms with E-state index in [1.165, 1.54) is 18.2 Å². The van der Waals surface area contributed by atoms with E-state index >= 15 is 0 Å². The molecule has 0 bridgehead atoms. The van der Waals surface area contributed by atoms with Crippen LogP contribution in [0, 0.1) is 0 Å². The minimum Gasteiger partial charge on any atom is -0.492 e. The van der Waals surface area contributed by atoms with Crippen molar-refractivity contribution in [2.24, 2.45) is 0 Å². The molecule has 0 aromatic heterocycles. The molecule has 0 saturated carbocycles. The second-order valence-corrected chi connectivity index (χ2v) is 3.94. The van der Waals surface area contributed by atoms with Gasteiger partial charge in [0.05, 0.1) is 6.61 Å². The molecule has 3 nitrogen and oxygen atoms in total. The van der Waals surface area contributed by atoms with Gasteiger partial charge in [0.2, 0.25) is 0 Å². The van der Waals surface area contributed by atoms with Crippen LogP contribution in [0.25, 0.3) is 0 Å². The Balaban J connectivity index is 2.80. The van der Waals surface area contributed by atoms with E-state index in [2.05, 4.69) is 6.58 Å². The number of carboxylic acid groups (broad SMARTS) is 1. The van der Waals surface area contributed by atoms with Crippen LogP contribution in [0.1, 0.15) is 23.7 Å². The van der Waals surface area contributed by atoms with Gasteiger partial charge in [-0.15, -0.1) is 6.58 Å². The van der Waals surface area contributed by atoms with Gasteiger partial charge in [0.1, 0.15) is 11.3 Å². The molecule has 4 heteroatoms. The SMILES string of the molecule is C=C(C)CCOc1cc(Cl)ccc1C(=O)O. The Kier molecular flexibility index (Phi) is 4.38. The van der Waals surface area contributed by atoms with Crippen molar-refractivity contribution in [3.05, 3.63) is 40.9 Å². The molecule has 1 rings (SSSR count). The van der Waals surface area contributed by atoms with E-state index in [0.29, 0.717) is 23.8 Å². The lowest BCUT2D eigenvalue weighted by Gasteiger charge is -2.09. The second kappa shape index (κ2) is 5.56. The van der Waals surface area contributed by atoms with Gasteiger partial charge in [-0.25, -0.2) is 4.79 Å². The molecule has 0 aliphatic carbocycles. The molecule has 0 saturated heterocycles. The molecule has 86 valence electrons. The highest BCUT2D eigenvalue weighted by atomic mass is 35.5. The van der Waals surface area contributed by atoms with E-state index in [0.717, 1.165) is 5.57 Å². The highest BCUT2D eigenvalue weighted by Crippen LogP contribution is 2.23. The summed E-state index contributed by atoms with van der Waals surface area (Å²) in [5, 5.41) is 9.38. The molecule has 1 N–H and O–H groups in total. The Hall–Kier alpha value is -1.48. The van der Waals surface area contributed by atoms with Crippen molar-refractivity contribution in [1.29, 1.82) is 0 Å². The van der Waals surface area contributed by atoms with E-state index in [9.17, 15) is 4.79 Å². The van der Waals surface area contributed by atoms with E-state index in [1.807, 2.05) is 6.92 Å². The fraction of sp³-hybridized carbons (Fsp3) is 0.250. The number of hydrogen-bond donors (Lipinski definition) is 1. The summed E-state index contributed by atoms with van der Waals surface area (Å²) in [4.78, 5) is 10.9. The topological polar surface area (TPSA) is 46.5 Å². The van der Waals surface area contributed by atoms with Crippen molar-refractivity contribution >= 4 is 17.6 Å². The van der Waals surface area contributed by atoms with E-state index in [-0.39, 0.29) is 5.56 Å². The van der Waals surface area contributed by atoms with Crippen molar-refractivity contribution in [2.45, 2.75) is 13.3 Å². The quantitative estimate of drug-likeness (QED) is 0.803. The minimum atomic E-state index is -1.03. The lowest BCUT2D eigenvalue weighted by Crippen LogP contribution is -2.04. The summed E-state index contributed by atoms with van der Waals surface area (Å²) in [6, 6.07) is 4.46. The lowest BCUT2D eigenvalue weighted by atomic mass is 10.2. The highest BCUT2D eigenvalue weighted by molar-refractivity contribution is 6.30. The molecule has 1 aromatic carbocycles. The number of carboxylic acids is 1. The zero-order valence-electron chi connectivity index (χ0n) is 9.00. The first-order chi connectivity index (χ1) is 7.50. The third-order valence-electron chi connectivity index (χ3n) is 1.96. The molecule has 0 fully saturated rings. The van der Waals surface area contributed by atoms with Gasteiger partial charge in [-0.3, -0.25) is 0 Å². The smallest absolute Gasteiger partial charge is 0.339 e. The summed E-state index contributed by atoms with van der Waals surface area (Å²) < 4.78 is 5.36. The standard InChI is InChI=1S/C12H13ClO3/c1-8(2)5-6-16-11-7-9(13)3-4-10(11)12(14)15/h3-4,7H,1,5-6H2,2H3,(H,14,15). The molecule has 1 aromatic rings. The summed E-state index contributed by atoms with van der Waals surface area (Å²) in [7, 11) is 0. The van der Waals surface area contributed by atoms with Gasteiger partial charge in [0.15, 0.2) is 0 Å². The number of aromatic carboxylic acids is 1. The second-order valence-electron chi connectivity index (χ2n) is 3.50. The molecule has 0 atom stereocenters. The van der Waals surface area contributed by atoms with Gasteiger partial charge in [-0.2, -0.15) is 0 Å². The van der Waals surface area contributed by atoms with Gasteiger partial charge < -0.3 is 9.84 Å². The first-order valence-electron chi connectivity index (χ1n) is 4.80. The highest BCUT2D eigenvalue weighted by Gasteiger charge is 2.11. The Labute approximate surface area is 99.3 Å². The molecule has 0 heterocycles. The van der Waals surface area contributed by atoms with Crippen molar-refractivity contribution in [3.63, 3.8) is 0 Å². The van der Waals surface area contributed by atoms with Crippen LogP contribution < -0.4 is 4.74 Å². The van der Waals surface area contributed by atoms with Crippen LogP contribution >= 0.6 is 11.6 Å². The van der Waals surface area contributed by atoms with E-state index in [4.69, 9.17) is 21.4 Å². The van der Waals surface area contributed by atoms with Crippen molar-refractivity contribution in [1.82, 2.24) is 0 Å². The molecular weight excluding hydrogens is 228 g/mol. The number of benzene rings is 1. The largest absolute Gasteiger partial charge is 0.492 e. The van der Waals surface area contributed by atoms with Gasteiger partial charge in [-0.05, 0) is 25.1 Å². The molecule has 0 spiro atoms. The number of ether oxygens (including phenoxy) is 1. The van der Waals surface area contributed by atoms with Crippen molar-refractivity contribution in [2.75, 3.05) is 6.61 Å². The van der Waals surface area contributed by atoms with Crippen LogP contribution in [-0.2, 0) is 0 Å². The van der Waals surface area contributed by atoms with Crippen LogP contribution in [0.4, 0.5) is 0 Å². The third-order valence-corrected chi connectivity index (χ3v) is 2.20. The molecule has 16 heavy (non-hydrogen) atoms. The Bertz CT molecular complexity index is 413. The zero-order chi connectivity index (χ0) is 12.1. The first kappa shape index (κ1) is 12.6. The van der Waals surface area contributed by atoms with Gasteiger partial charge in [0, 0.05) is 11.4 Å². The predicted molar refractivity (Wildman–Crippen MR) is 63.3 cm³/mol. The molecule has 0 radical (unpaired) electrons. The maximum absolute atomic E-state index is 10.9. The van der Waals surface area contributed by atoms with E-state index in [1.54, 1.807) is 0 Å². The fourth-order valence-electron chi connectivity index (χ4n) is 1.13. The van der Waals surface area contributed by atoms with Crippen LogP contribution in [0.3, 0.4) is 0 Å². The molecule has 0 aliphatic rings. The maximum Gasteiger partial charge on any atom is 0.339 e. The molecule has 0 unspecified atom stereocenters. The minimum absolute atomic E-state index is 0.117. The van der Waals surface area contributed by atoms with Gasteiger partial charge in [0.25, 0.3) is 0 Å². The van der Waals surface area contributed by atoms with Crippen molar-refractivity contribution in [3.8, 4) is 5.75 Å². The summed E-state index contributed by atoms with van der Waals surface area (Å²) in [5.74, 6) is -0.733. The summed E-state index contributed by atoms with van der Waals surface area (Å²) in [6.07, 6.45) is 0.686. The number of rotatable bonds is 5. The monoisotopic (exact) mass is 240 g/mol. The predicted octanol–water partition coefficient (Wildman–Crippen LogP) is 3.38. The normalized spacial score (nSPS) is 9.88. The third kappa shape index (κ3) is 3.59. The summed E-state index contributed by atoms with van der Waals surface area (Å²) in [5.41, 5.74) is 1.10. The Morgan fingerprint density at radius 1 is 1.56 bits per heavy atom. The average Bonchev–Trinajstić information content (AvgIpc) is 2.16. The number of carbonyl (C=O) groups is 1. The van der Waals surface area contributed by atoms with Gasteiger partial charge >= 0.3 is 5.97 Å². The lowest BCUT2D eigenvalue weighted by molar-refractivity contribution is 0.0692. The first-order valence-corrected chi connectivity index (χ1v) is 5.18. The molecular formula is C12H13ClO3. The average molecular weight is 241 g/mol. The van der Waals surface area contributed by atoms with Crippen LogP contribution in [0.15, 0.2) is 30.4 Å². The van der Waals surface area contributed by atoms with Gasteiger partial charge in [-0.1, -0.05) is 17.2 Å². The zero-order valence-corrected chi connectivity index (χ0v) is 9.75. The molecule has 0 amide bonds. The number of halogens is 1. The maximum atomic E-state index is 10.9. The summed E-state index contributed by atoms with van der Waals surface area (Å²) >= 11 is 5.77. The summed E-state index contributed by atoms with van der Waals surface area (Å²) in [6.45, 7) is 6.03. The van der Waals surface area contributed by atoms with Crippen LogP contribution in [0.2, 0.25) is 5.02 Å². The fourth-order valence-corrected chi connectivity index (χ4v) is 1.29. The van der Waals surface area contributed by atoms with Crippen LogP contribution in [0.5, 0.6) is 5.75 Å². The van der Waals surface area contributed by atoms with Crippen LogP contribution in [-0.4, -0.2) is 17.7 Å². The number of hydrogen-bond acceptors (Lipinski definition) is 2. The Morgan fingerprint density at radius 3 is 2.81 bits per heavy atom. The molecule has 0 aliphatic heterocycles.